The lowest BCUT2D eigenvalue weighted by atomic mass is 9.98. The lowest BCUT2D eigenvalue weighted by molar-refractivity contribution is 0.588. The molecule has 1 aromatic rings. The van der Waals surface area contributed by atoms with E-state index in [1.54, 1.807) is 0 Å². The minimum atomic E-state index is 0.660. The van der Waals surface area contributed by atoms with Crippen molar-refractivity contribution < 1.29 is 0 Å². The van der Waals surface area contributed by atoms with E-state index >= 15 is 0 Å². The summed E-state index contributed by atoms with van der Waals surface area (Å²) in [6.45, 7) is 8.10. The van der Waals surface area contributed by atoms with Crippen LogP contribution in [0.3, 0.4) is 0 Å². The fourth-order valence-corrected chi connectivity index (χ4v) is 2.45. The van der Waals surface area contributed by atoms with Crippen LogP contribution >= 0.6 is 0 Å². The molecule has 0 radical (unpaired) electrons. The first-order chi connectivity index (χ1) is 6.75. The summed E-state index contributed by atoms with van der Waals surface area (Å²) in [5.41, 5.74) is 2.97. The van der Waals surface area contributed by atoms with Gasteiger partial charge in [0.2, 0.25) is 0 Å². The van der Waals surface area contributed by atoms with E-state index in [4.69, 9.17) is 0 Å². The standard InChI is InChI=1S/C13H19N/c1-4-9-14-11(3)10(2)12-7-5-6-8-13(12)14/h5-8,10-11H,4,9H2,1-3H3. The van der Waals surface area contributed by atoms with Crippen LogP contribution in [0.15, 0.2) is 24.3 Å². The highest BCUT2D eigenvalue weighted by Gasteiger charge is 2.31. The van der Waals surface area contributed by atoms with Gasteiger partial charge in [-0.2, -0.15) is 0 Å². The van der Waals surface area contributed by atoms with Crippen molar-refractivity contribution in [3.05, 3.63) is 29.8 Å². The summed E-state index contributed by atoms with van der Waals surface area (Å²) in [5, 5.41) is 0. The number of anilines is 1. The van der Waals surface area contributed by atoms with Gasteiger partial charge in [-0.25, -0.2) is 0 Å². The lowest BCUT2D eigenvalue weighted by Crippen LogP contribution is -2.31. The van der Waals surface area contributed by atoms with E-state index in [2.05, 4.69) is 49.9 Å². The average molecular weight is 189 g/mol. The van der Waals surface area contributed by atoms with Gasteiger partial charge in [-0.05, 0) is 25.0 Å². The second-order valence-corrected chi connectivity index (χ2v) is 4.28. The van der Waals surface area contributed by atoms with Gasteiger partial charge >= 0.3 is 0 Å². The maximum absolute atomic E-state index is 2.54. The summed E-state index contributed by atoms with van der Waals surface area (Å²) in [6.07, 6.45) is 1.23. The fraction of sp³-hybridized carbons (Fsp3) is 0.538. The zero-order valence-corrected chi connectivity index (χ0v) is 9.33. The summed E-state index contributed by atoms with van der Waals surface area (Å²) in [6, 6.07) is 9.48. The minimum Gasteiger partial charge on any atom is -0.368 e. The molecule has 0 amide bonds. The summed E-state index contributed by atoms with van der Waals surface area (Å²) >= 11 is 0. The summed E-state index contributed by atoms with van der Waals surface area (Å²) in [4.78, 5) is 2.54. The third-order valence-electron chi connectivity index (χ3n) is 3.42. The van der Waals surface area contributed by atoms with Gasteiger partial charge in [-0.1, -0.05) is 32.0 Å². The van der Waals surface area contributed by atoms with Gasteiger partial charge in [0, 0.05) is 24.2 Å². The van der Waals surface area contributed by atoms with E-state index < -0.39 is 0 Å². The molecule has 2 unspecified atom stereocenters. The van der Waals surface area contributed by atoms with Crippen molar-refractivity contribution >= 4 is 5.69 Å². The molecule has 1 heteroatoms. The normalized spacial score (nSPS) is 25.2. The van der Waals surface area contributed by atoms with Crippen LogP contribution in [0.5, 0.6) is 0 Å². The van der Waals surface area contributed by atoms with E-state index in [9.17, 15) is 0 Å². The lowest BCUT2D eigenvalue weighted by Gasteiger charge is -2.25. The van der Waals surface area contributed by atoms with Crippen LogP contribution in [0.4, 0.5) is 5.69 Å². The molecular weight excluding hydrogens is 170 g/mol. The number of hydrogen-bond acceptors (Lipinski definition) is 1. The Kier molecular flexibility index (Phi) is 2.49. The Labute approximate surface area is 86.7 Å². The molecule has 0 fully saturated rings. The highest BCUT2D eigenvalue weighted by Crippen LogP contribution is 2.40. The van der Waals surface area contributed by atoms with Crippen LogP contribution < -0.4 is 4.90 Å². The molecule has 0 bridgehead atoms. The van der Waals surface area contributed by atoms with Gasteiger partial charge in [-0.15, -0.1) is 0 Å². The zero-order chi connectivity index (χ0) is 10.1. The fourth-order valence-electron chi connectivity index (χ4n) is 2.45. The van der Waals surface area contributed by atoms with E-state index in [0.29, 0.717) is 12.0 Å². The summed E-state index contributed by atoms with van der Waals surface area (Å²) in [7, 11) is 0. The van der Waals surface area contributed by atoms with Crippen LogP contribution in [-0.4, -0.2) is 12.6 Å². The molecule has 0 aromatic heterocycles. The Bertz CT molecular complexity index is 319. The third-order valence-corrected chi connectivity index (χ3v) is 3.42. The molecule has 1 aliphatic rings. The Balaban J connectivity index is 2.37. The number of rotatable bonds is 2. The molecule has 0 N–H and O–H groups in total. The first-order valence-electron chi connectivity index (χ1n) is 5.61. The Morgan fingerprint density at radius 1 is 1.21 bits per heavy atom. The molecule has 0 aliphatic carbocycles. The smallest absolute Gasteiger partial charge is 0.0404 e. The molecule has 14 heavy (non-hydrogen) atoms. The van der Waals surface area contributed by atoms with Gasteiger partial charge in [0.25, 0.3) is 0 Å². The quantitative estimate of drug-likeness (QED) is 0.689. The van der Waals surface area contributed by atoms with Crippen LogP contribution in [0.1, 0.15) is 38.7 Å². The molecule has 1 aliphatic heterocycles. The van der Waals surface area contributed by atoms with Crippen molar-refractivity contribution in [1.29, 1.82) is 0 Å². The van der Waals surface area contributed by atoms with Crippen molar-refractivity contribution in [1.82, 2.24) is 0 Å². The molecule has 2 atom stereocenters. The maximum Gasteiger partial charge on any atom is 0.0404 e. The van der Waals surface area contributed by atoms with Crippen LogP contribution in [0.25, 0.3) is 0 Å². The van der Waals surface area contributed by atoms with Gasteiger partial charge in [0.15, 0.2) is 0 Å². The largest absolute Gasteiger partial charge is 0.368 e. The van der Waals surface area contributed by atoms with Crippen molar-refractivity contribution in [2.45, 2.75) is 39.2 Å². The minimum absolute atomic E-state index is 0.660. The van der Waals surface area contributed by atoms with Gasteiger partial charge in [0.05, 0.1) is 0 Å². The maximum atomic E-state index is 2.54. The molecule has 0 saturated heterocycles. The van der Waals surface area contributed by atoms with Crippen LogP contribution in [0.2, 0.25) is 0 Å². The second kappa shape index (κ2) is 3.64. The van der Waals surface area contributed by atoms with E-state index in [-0.39, 0.29) is 0 Å². The number of fused-ring (bicyclic) bond motifs is 1. The Morgan fingerprint density at radius 3 is 2.64 bits per heavy atom. The molecular formula is C13H19N. The van der Waals surface area contributed by atoms with E-state index in [1.165, 1.54) is 24.2 Å². The van der Waals surface area contributed by atoms with Crippen molar-refractivity contribution in [3.8, 4) is 0 Å². The molecule has 1 aromatic carbocycles. The predicted molar refractivity (Wildman–Crippen MR) is 62.0 cm³/mol. The van der Waals surface area contributed by atoms with Crippen molar-refractivity contribution in [2.24, 2.45) is 0 Å². The van der Waals surface area contributed by atoms with Crippen molar-refractivity contribution in [2.75, 3.05) is 11.4 Å². The Morgan fingerprint density at radius 2 is 1.93 bits per heavy atom. The first-order valence-corrected chi connectivity index (χ1v) is 5.61. The molecule has 76 valence electrons. The van der Waals surface area contributed by atoms with Gasteiger partial charge in [-0.3, -0.25) is 0 Å². The first kappa shape index (κ1) is 9.57. The Hall–Kier alpha value is -0.980. The molecule has 1 heterocycles. The predicted octanol–water partition coefficient (Wildman–Crippen LogP) is 3.41. The third kappa shape index (κ3) is 1.31. The van der Waals surface area contributed by atoms with Gasteiger partial charge < -0.3 is 4.90 Å². The highest BCUT2D eigenvalue weighted by atomic mass is 15.2. The van der Waals surface area contributed by atoms with Crippen LogP contribution in [-0.2, 0) is 0 Å². The number of benzene rings is 1. The monoisotopic (exact) mass is 189 g/mol. The number of nitrogens with zero attached hydrogens (tertiary/aromatic N) is 1. The number of para-hydroxylation sites is 1. The number of hydrogen-bond donors (Lipinski definition) is 0. The van der Waals surface area contributed by atoms with E-state index in [1.807, 2.05) is 0 Å². The molecule has 2 rings (SSSR count). The summed E-state index contributed by atoms with van der Waals surface area (Å²) in [5.74, 6) is 0.678. The second-order valence-electron chi connectivity index (χ2n) is 4.28. The topological polar surface area (TPSA) is 3.24 Å². The van der Waals surface area contributed by atoms with Gasteiger partial charge in [0.1, 0.15) is 0 Å². The molecule has 0 saturated carbocycles. The van der Waals surface area contributed by atoms with E-state index in [0.717, 1.165) is 0 Å². The SMILES string of the molecule is CCCN1c2ccccc2C(C)C1C. The van der Waals surface area contributed by atoms with Crippen molar-refractivity contribution in [3.63, 3.8) is 0 Å². The molecule has 1 nitrogen and oxygen atoms in total. The average Bonchev–Trinajstić information content (AvgIpc) is 2.45. The summed E-state index contributed by atoms with van der Waals surface area (Å²) < 4.78 is 0. The zero-order valence-electron chi connectivity index (χ0n) is 9.33. The molecule has 0 spiro atoms. The van der Waals surface area contributed by atoms with Crippen LogP contribution in [0, 0.1) is 0 Å². The highest BCUT2D eigenvalue weighted by molar-refractivity contribution is 5.61.